The molecule has 1 saturated heterocycles. The van der Waals surface area contributed by atoms with Crippen LogP contribution in [0, 0.1) is 5.41 Å². The number of ether oxygens (including phenoxy) is 4. The Morgan fingerprint density at radius 1 is 1.20 bits per heavy atom. The Bertz CT molecular complexity index is 899. The zero-order valence-corrected chi connectivity index (χ0v) is 17.7. The van der Waals surface area contributed by atoms with Crippen LogP contribution in [0.2, 0.25) is 0 Å². The molecule has 30 heavy (non-hydrogen) atoms. The summed E-state index contributed by atoms with van der Waals surface area (Å²) in [5.41, 5.74) is 1.60. The molecule has 0 aromatic heterocycles. The van der Waals surface area contributed by atoms with E-state index in [1.165, 1.54) is 0 Å². The van der Waals surface area contributed by atoms with Crippen molar-refractivity contribution in [3.8, 4) is 17.2 Å². The van der Waals surface area contributed by atoms with E-state index >= 15 is 0 Å². The minimum absolute atomic E-state index is 0.115. The smallest absolute Gasteiger partial charge is 0.313 e. The number of nitrogens with zero attached hydrogens (tertiary/aromatic N) is 1. The number of hydrogen-bond acceptors (Lipinski definition) is 6. The standard InChI is InChI=1S/C24H29NO5/c1-3-28-23(26)24(14-18-7-4-9-20(13-18)27-2)11-6-12-25(16-24)15-19-8-5-10-21-22(19)30-17-29-21/h4-5,7-10,13H,3,6,11-12,14-17H2,1-2H3/t24-/m1/s1. The average molecular weight is 411 g/mol. The van der Waals surface area contributed by atoms with Gasteiger partial charge in [0.1, 0.15) is 5.75 Å². The lowest BCUT2D eigenvalue weighted by Crippen LogP contribution is -2.49. The molecule has 0 saturated carbocycles. The Hall–Kier alpha value is -2.73. The molecule has 0 N–H and O–H groups in total. The first-order valence-electron chi connectivity index (χ1n) is 10.5. The van der Waals surface area contributed by atoms with Crippen molar-refractivity contribution in [2.45, 2.75) is 32.7 Å². The highest BCUT2D eigenvalue weighted by molar-refractivity contribution is 5.78. The topological polar surface area (TPSA) is 57.2 Å². The third-order valence-corrected chi connectivity index (χ3v) is 5.91. The molecule has 160 valence electrons. The molecule has 0 radical (unpaired) electrons. The van der Waals surface area contributed by atoms with Gasteiger partial charge in [0, 0.05) is 18.7 Å². The van der Waals surface area contributed by atoms with Gasteiger partial charge in [-0.1, -0.05) is 24.3 Å². The van der Waals surface area contributed by atoms with Crippen molar-refractivity contribution < 1.29 is 23.7 Å². The molecule has 2 heterocycles. The molecule has 0 amide bonds. The van der Waals surface area contributed by atoms with Crippen LogP contribution in [-0.4, -0.2) is 44.5 Å². The van der Waals surface area contributed by atoms with Crippen molar-refractivity contribution in [2.75, 3.05) is 33.6 Å². The van der Waals surface area contributed by atoms with Crippen LogP contribution in [0.4, 0.5) is 0 Å². The Labute approximate surface area is 177 Å². The number of likely N-dealkylation sites (tertiary alicyclic amines) is 1. The molecule has 1 atom stereocenters. The Morgan fingerprint density at radius 2 is 2.07 bits per heavy atom. The minimum atomic E-state index is -0.573. The van der Waals surface area contributed by atoms with Gasteiger partial charge in [0.05, 0.1) is 19.1 Å². The molecule has 2 aliphatic rings. The van der Waals surface area contributed by atoms with Crippen molar-refractivity contribution in [3.05, 3.63) is 53.6 Å². The number of carbonyl (C=O) groups excluding carboxylic acids is 1. The summed E-state index contributed by atoms with van der Waals surface area (Å²) >= 11 is 0. The summed E-state index contributed by atoms with van der Waals surface area (Å²) in [6.07, 6.45) is 2.38. The van der Waals surface area contributed by atoms with E-state index < -0.39 is 5.41 Å². The fourth-order valence-corrected chi connectivity index (χ4v) is 4.56. The van der Waals surface area contributed by atoms with Gasteiger partial charge in [-0.3, -0.25) is 9.69 Å². The highest BCUT2D eigenvalue weighted by atomic mass is 16.7. The molecule has 4 rings (SSSR count). The number of fused-ring (bicyclic) bond motifs is 1. The van der Waals surface area contributed by atoms with Gasteiger partial charge >= 0.3 is 5.97 Å². The summed E-state index contributed by atoms with van der Waals surface area (Å²) in [6, 6.07) is 13.9. The predicted octanol–water partition coefficient (Wildman–Crippen LogP) is 3.81. The zero-order valence-electron chi connectivity index (χ0n) is 17.7. The van der Waals surface area contributed by atoms with Crippen LogP contribution < -0.4 is 14.2 Å². The van der Waals surface area contributed by atoms with Gasteiger partial charge in [-0.2, -0.15) is 0 Å². The SMILES string of the molecule is CCOC(=O)[C@@]1(Cc2cccc(OC)c2)CCCN(Cc2cccc3c2OCO3)C1. The predicted molar refractivity (Wildman–Crippen MR) is 113 cm³/mol. The molecule has 2 aliphatic heterocycles. The summed E-state index contributed by atoms with van der Waals surface area (Å²) in [5.74, 6) is 2.29. The number of para-hydroxylation sites is 1. The first kappa shape index (κ1) is 20.5. The summed E-state index contributed by atoms with van der Waals surface area (Å²) in [5, 5.41) is 0. The number of piperidine rings is 1. The van der Waals surface area contributed by atoms with E-state index in [0.717, 1.165) is 47.8 Å². The fraction of sp³-hybridized carbons (Fsp3) is 0.458. The van der Waals surface area contributed by atoms with E-state index in [1.54, 1.807) is 7.11 Å². The first-order valence-corrected chi connectivity index (χ1v) is 10.5. The Kier molecular flexibility index (Phi) is 6.13. The van der Waals surface area contributed by atoms with Crippen LogP contribution in [0.25, 0.3) is 0 Å². The number of methoxy groups -OCH3 is 1. The lowest BCUT2D eigenvalue weighted by atomic mass is 9.75. The highest BCUT2D eigenvalue weighted by Crippen LogP contribution is 2.39. The van der Waals surface area contributed by atoms with Crippen LogP contribution in [0.3, 0.4) is 0 Å². The number of carbonyl (C=O) groups is 1. The molecule has 1 fully saturated rings. The molecule has 0 spiro atoms. The molecule has 6 heteroatoms. The van der Waals surface area contributed by atoms with E-state index in [9.17, 15) is 4.79 Å². The van der Waals surface area contributed by atoms with E-state index in [4.69, 9.17) is 18.9 Å². The first-order chi connectivity index (χ1) is 14.6. The number of rotatable bonds is 7. The number of benzene rings is 2. The number of hydrogen-bond donors (Lipinski definition) is 0. The summed E-state index contributed by atoms with van der Waals surface area (Å²) in [4.78, 5) is 15.5. The van der Waals surface area contributed by atoms with Crippen LogP contribution in [0.1, 0.15) is 30.9 Å². The molecule has 0 bridgehead atoms. The van der Waals surface area contributed by atoms with Crippen molar-refractivity contribution in [1.29, 1.82) is 0 Å². The minimum Gasteiger partial charge on any atom is -0.497 e. The molecule has 0 unspecified atom stereocenters. The quantitative estimate of drug-likeness (QED) is 0.646. The van der Waals surface area contributed by atoms with Crippen LogP contribution in [-0.2, 0) is 22.5 Å². The van der Waals surface area contributed by atoms with Gasteiger partial charge in [0.25, 0.3) is 0 Å². The summed E-state index contributed by atoms with van der Waals surface area (Å²) in [6.45, 7) is 4.80. The van der Waals surface area contributed by atoms with Crippen molar-refractivity contribution >= 4 is 5.97 Å². The van der Waals surface area contributed by atoms with E-state index in [0.29, 0.717) is 26.1 Å². The van der Waals surface area contributed by atoms with Crippen molar-refractivity contribution in [3.63, 3.8) is 0 Å². The molecule has 2 aromatic carbocycles. The van der Waals surface area contributed by atoms with Crippen molar-refractivity contribution in [1.82, 2.24) is 4.90 Å². The lowest BCUT2D eigenvalue weighted by molar-refractivity contribution is -0.159. The maximum Gasteiger partial charge on any atom is 0.313 e. The Morgan fingerprint density at radius 3 is 2.90 bits per heavy atom. The monoisotopic (exact) mass is 411 g/mol. The van der Waals surface area contributed by atoms with E-state index in [2.05, 4.69) is 17.0 Å². The lowest BCUT2D eigenvalue weighted by Gasteiger charge is -2.41. The van der Waals surface area contributed by atoms with E-state index in [-0.39, 0.29) is 12.8 Å². The van der Waals surface area contributed by atoms with Gasteiger partial charge in [0.2, 0.25) is 6.79 Å². The summed E-state index contributed by atoms with van der Waals surface area (Å²) in [7, 11) is 1.66. The molecule has 0 aliphatic carbocycles. The molecular weight excluding hydrogens is 382 g/mol. The second-order valence-electron chi connectivity index (χ2n) is 7.99. The number of esters is 1. The van der Waals surface area contributed by atoms with Crippen LogP contribution in [0.15, 0.2) is 42.5 Å². The van der Waals surface area contributed by atoms with Crippen LogP contribution >= 0.6 is 0 Å². The second kappa shape index (κ2) is 8.96. The van der Waals surface area contributed by atoms with Crippen molar-refractivity contribution in [2.24, 2.45) is 5.41 Å². The second-order valence-corrected chi connectivity index (χ2v) is 7.99. The maximum atomic E-state index is 13.1. The maximum absolute atomic E-state index is 13.1. The van der Waals surface area contributed by atoms with Gasteiger partial charge < -0.3 is 18.9 Å². The molecular formula is C24H29NO5. The summed E-state index contributed by atoms with van der Waals surface area (Å²) < 4.78 is 22.1. The zero-order chi connectivity index (χ0) is 21.0. The Balaban J connectivity index is 1.57. The normalized spacial score (nSPS) is 20.7. The van der Waals surface area contributed by atoms with Gasteiger partial charge in [-0.25, -0.2) is 0 Å². The molecule has 6 nitrogen and oxygen atoms in total. The van der Waals surface area contributed by atoms with Gasteiger partial charge in [-0.05, 0) is 56.5 Å². The third kappa shape index (κ3) is 4.24. The average Bonchev–Trinajstić information content (AvgIpc) is 3.24. The van der Waals surface area contributed by atoms with Gasteiger partial charge in [-0.15, -0.1) is 0 Å². The molecule has 2 aromatic rings. The fourth-order valence-electron chi connectivity index (χ4n) is 4.56. The highest BCUT2D eigenvalue weighted by Gasteiger charge is 2.43. The third-order valence-electron chi connectivity index (χ3n) is 5.91. The largest absolute Gasteiger partial charge is 0.497 e. The van der Waals surface area contributed by atoms with Crippen LogP contribution in [0.5, 0.6) is 17.2 Å². The van der Waals surface area contributed by atoms with Gasteiger partial charge in [0.15, 0.2) is 11.5 Å². The van der Waals surface area contributed by atoms with E-state index in [1.807, 2.05) is 37.3 Å².